The van der Waals surface area contributed by atoms with Crippen LogP contribution in [0.15, 0.2) is 0 Å². The topological polar surface area (TPSA) is 63.6 Å². The van der Waals surface area contributed by atoms with E-state index in [0.29, 0.717) is 12.8 Å². The van der Waals surface area contributed by atoms with Crippen molar-refractivity contribution in [1.29, 1.82) is 0 Å². The normalized spacial score (nSPS) is 12.1. The molecule has 0 aromatic carbocycles. The van der Waals surface area contributed by atoms with Gasteiger partial charge in [0, 0.05) is 12.8 Å². The van der Waals surface area contributed by atoms with Crippen LogP contribution in [0.4, 0.5) is 0 Å². The van der Waals surface area contributed by atoms with E-state index < -0.39 is 5.97 Å². The lowest BCUT2D eigenvalue weighted by atomic mass is 10.0. The summed E-state index contributed by atoms with van der Waals surface area (Å²) in [5.41, 5.74) is 0. The van der Waals surface area contributed by atoms with Crippen LogP contribution < -0.4 is 0 Å². The summed E-state index contributed by atoms with van der Waals surface area (Å²) in [7, 11) is 0. The fraction of sp³-hybridized carbons (Fsp3) is 0.939. The van der Waals surface area contributed by atoms with Crippen LogP contribution in [0.5, 0.6) is 0 Å². The molecule has 220 valence electrons. The molecule has 0 aromatic heterocycles. The third kappa shape index (κ3) is 29.4. The van der Waals surface area contributed by atoms with Gasteiger partial charge in [-0.15, -0.1) is 0 Å². The monoisotopic (exact) mass is 524 g/mol. The zero-order valence-electron chi connectivity index (χ0n) is 25.0. The highest BCUT2D eigenvalue weighted by molar-refractivity contribution is 5.69. The first-order valence-electron chi connectivity index (χ1n) is 16.5. The van der Waals surface area contributed by atoms with Crippen molar-refractivity contribution in [2.24, 2.45) is 0 Å². The molecule has 0 spiro atoms. The molecule has 0 aliphatic carbocycles. The van der Waals surface area contributed by atoms with Crippen LogP contribution in [0.3, 0.4) is 0 Å². The van der Waals surface area contributed by atoms with Crippen molar-refractivity contribution in [1.82, 2.24) is 0 Å². The maximum Gasteiger partial charge on any atom is 0.306 e. The summed E-state index contributed by atoms with van der Waals surface area (Å²) in [6.45, 7) is 4.40. The summed E-state index contributed by atoms with van der Waals surface area (Å²) in [5.74, 6) is -0.667. The van der Waals surface area contributed by atoms with Crippen LogP contribution in [0.25, 0.3) is 0 Å². The van der Waals surface area contributed by atoms with Crippen molar-refractivity contribution < 1.29 is 19.4 Å². The molecule has 37 heavy (non-hydrogen) atoms. The highest BCUT2D eigenvalue weighted by Gasteiger charge is 2.12. The van der Waals surface area contributed by atoms with Crippen LogP contribution in [-0.2, 0) is 14.3 Å². The van der Waals surface area contributed by atoms with E-state index in [-0.39, 0.29) is 12.1 Å². The second-order valence-corrected chi connectivity index (χ2v) is 11.3. The van der Waals surface area contributed by atoms with Gasteiger partial charge in [-0.3, -0.25) is 9.59 Å². The number of carboxylic acids is 1. The van der Waals surface area contributed by atoms with Crippen LogP contribution >= 0.6 is 0 Å². The summed E-state index contributed by atoms with van der Waals surface area (Å²) in [6.07, 6.45) is 33.4. The van der Waals surface area contributed by atoms with Crippen molar-refractivity contribution in [2.75, 3.05) is 0 Å². The third-order valence-corrected chi connectivity index (χ3v) is 7.65. The van der Waals surface area contributed by atoms with Gasteiger partial charge in [0.1, 0.15) is 6.10 Å². The Balaban J connectivity index is 3.42. The van der Waals surface area contributed by atoms with Gasteiger partial charge in [-0.2, -0.15) is 0 Å². The maximum atomic E-state index is 12.2. The lowest BCUT2D eigenvalue weighted by molar-refractivity contribution is -0.149. The molecule has 0 saturated carbocycles. The Bertz CT molecular complexity index is 491. The first kappa shape index (κ1) is 35.9. The van der Waals surface area contributed by atoms with Gasteiger partial charge in [0.05, 0.1) is 0 Å². The van der Waals surface area contributed by atoms with E-state index in [0.717, 1.165) is 51.4 Å². The van der Waals surface area contributed by atoms with E-state index in [1.807, 2.05) is 0 Å². The number of carbonyl (C=O) groups excluding carboxylic acids is 1. The van der Waals surface area contributed by atoms with Crippen LogP contribution in [0.1, 0.15) is 194 Å². The first-order valence-corrected chi connectivity index (χ1v) is 16.5. The average molecular weight is 525 g/mol. The second kappa shape index (κ2) is 29.5. The highest BCUT2D eigenvalue weighted by Crippen LogP contribution is 2.16. The lowest BCUT2D eigenvalue weighted by Gasteiger charge is -2.16. The van der Waals surface area contributed by atoms with E-state index in [9.17, 15) is 9.59 Å². The third-order valence-electron chi connectivity index (χ3n) is 7.65. The van der Waals surface area contributed by atoms with Crippen molar-refractivity contribution >= 4 is 11.9 Å². The maximum absolute atomic E-state index is 12.2. The summed E-state index contributed by atoms with van der Waals surface area (Å²) in [4.78, 5) is 22.7. The minimum Gasteiger partial charge on any atom is -0.481 e. The molecule has 4 nitrogen and oxygen atoms in total. The summed E-state index contributed by atoms with van der Waals surface area (Å²) >= 11 is 0. The molecule has 0 heterocycles. The molecule has 0 radical (unpaired) electrons. The predicted molar refractivity (Wildman–Crippen MR) is 158 cm³/mol. The first-order chi connectivity index (χ1) is 18.1. The molecule has 0 aliphatic rings. The van der Waals surface area contributed by atoms with Crippen LogP contribution in [0.2, 0.25) is 0 Å². The number of carbonyl (C=O) groups is 2. The number of hydrogen-bond donors (Lipinski definition) is 1. The fourth-order valence-electron chi connectivity index (χ4n) is 5.12. The molecule has 0 bridgehead atoms. The Morgan fingerprint density at radius 3 is 1.24 bits per heavy atom. The smallest absolute Gasteiger partial charge is 0.306 e. The zero-order valence-corrected chi connectivity index (χ0v) is 25.0. The second-order valence-electron chi connectivity index (χ2n) is 11.3. The number of carboxylic acid groups (broad SMARTS) is 1. The molecule has 4 heteroatoms. The molecule has 1 unspecified atom stereocenters. The van der Waals surface area contributed by atoms with Gasteiger partial charge >= 0.3 is 11.9 Å². The molecule has 0 saturated heterocycles. The Morgan fingerprint density at radius 2 is 0.865 bits per heavy atom. The van der Waals surface area contributed by atoms with Gasteiger partial charge in [-0.25, -0.2) is 0 Å². The van der Waals surface area contributed by atoms with E-state index in [2.05, 4.69) is 13.8 Å². The summed E-state index contributed by atoms with van der Waals surface area (Å²) < 4.78 is 5.74. The van der Waals surface area contributed by atoms with E-state index in [4.69, 9.17) is 9.84 Å². The molecule has 0 amide bonds. The SMILES string of the molecule is CCCCCCCCCCCCCCCCC(=O)OC(CC)CCCCCCCCCCCCC(=O)O. The van der Waals surface area contributed by atoms with E-state index in [1.54, 1.807) is 0 Å². The van der Waals surface area contributed by atoms with Crippen molar-refractivity contribution in [3.05, 3.63) is 0 Å². The summed E-state index contributed by atoms with van der Waals surface area (Å²) in [6, 6.07) is 0. The predicted octanol–water partition coefficient (Wildman–Crippen LogP) is 10.9. The van der Waals surface area contributed by atoms with Gasteiger partial charge in [0.15, 0.2) is 0 Å². The van der Waals surface area contributed by atoms with Gasteiger partial charge in [0.25, 0.3) is 0 Å². The highest BCUT2D eigenvalue weighted by atomic mass is 16.5. The summed E-state index contributed by atoms with van der Waals surface area (Å²) in [5, 5.41) is 8.64. The molecule has 0 fully saturated rings. The minimum absolute atomic E-state index is 0.00846. The number of hydrogen-bond acceptors (Lipinski definition) is 3. The Kier molecular flexibility index (Phi) is 28.7. The van der Waals surface area contributed by atoms with Gasteiger partial charge in [-0.1, -0.05) is 149 Å². The van der Waals surface area contributed by atoms with Crippen molar-refractivity contribution in [3.63, 3.8) is 0 Å². The number of aliphatic carboxylic acids is 1. The van der Waals surface area contributed by atoms with Crippen molar-refractivity contribution in [3.8, 4) is 0 Å². The van der Waals surface area contributed by atoms with Gasteiger partial charge in [0.2, 0.25) is 0 Å². The van der Waals surface area contributed by atoms with Gasteiger partial charge < -0.3 is 9.84 Å². The molecular formula is C33H64O4. The zero-order chi connectivity index (χ0) is 27.2. The molecule has 0 rings (SSSR count). The lowest BCUT2D eigenvalue weighted by Crippen LogP contribution is -2.17. The fourth-order valence-corrected chi connectivity index (χ4v) is 5.12. The van der Waals surface area contributed by atoms with Crippen LogP contribution in [-0.4, -0.2) is 23.1 Å². The molecule has 0 aliphatic heterocycles. The average Bonchev–Trinajstić information content (AvgIpc) is 2.88. The Hall–Kier alpha value is -1.06. The van der Waals surface area contributed by atoms with E-state index in [1.165, 1.54) is 116 Å². The standard InChI is InChI=1S/C33H64O4/c1-3-5-6-7-8-9-10-11-12-13-18-21-24-27-30-33(36)37-31(4-2)28-25-22-19-16-14-15-17-20-23-26-29-32(34)35/h31H,3-30H2,1-2H3,(H,34,35). The van der Waals surface area contributed by atoms with Crippen molar-refractivity contribution in [2.45, 2.75) is 200 Å². The minimum atomic E-state index is -0.676. The number of esters is 1. The Labute approximate surface area is 231 Å². The largest absolute Gasteiger partial charge is 0.481 e. The quantitative estimate of drug-likeness (QED) is 0.0749. The van der Waals surface area contributed by atoms with Crippen LogP contribution in [0, 0.1) is 0 Å². The number of unbranched alkanes of at least 4 members (excludes halogenated alkanes) is 22. The van der Waals surface area contributed by atoms with Gasteiger partial charge in [-0.05, 0) is 32.1 Å². The molecular weight excluding hydrogens is 460 g/mol. The molecule has 0 aromatic rings. The number of ether oxygens (including phenoxy) is 1. The van der Waals surface area contributed by atoms with E-state index >= 15 is 0 Å². The molecule has 1 atom stereocenters. The Morgan fingerprint density at radius 1 is 0.514 bits per heavy atom. The molecule has 1 N–H and O–H groups in total. The number of rotatable bonds is 30.